The van der Waals surface area contributed by atoms with Crippen molar-refractivity contribution in [3.63, 3.8) is 0 Å². The molecule has 10 heteroatoms. The van der Waals surface area contributed by atoms with Gasteiger partial charge in [0.15, 0.2) is 9.84 Å². The van der Waals surface area contributed by atoms with Crippen molar-refractivity contribution in [2.24, 2.45) is 0 Å². The van der Waals surface area contributed by atoms with Gasteiger partial charge in [0.25, 0.3) is 0 Å². The molecule has 1 aromatic heterocycles. The number of aryl methyl sites for hydroxylation is 1. The molecule has 2 aromatic rings. The topological polar surface area (TPSA) is 87.6 Å². The molecule has 4 rings (SSSR count). The number of aromatic hydroxyl groups is 1. The second-order valence-corrected chi connectivity index (χ2v) is 9.38. The Morgan fingerprint density at radius 2 is 1.86 bits per heavy atom. The van der Waals surface area contributed by atoms with Crippen LogP contribution in [0.3, 0.4) is 0 Å². The summed E-state index contributed by atoms with van der Waals surface area (Å²) in [5.74, 6) is -2.33. The number of aromatic nitrogens is 1. The number of hydrogen-bond acceptors (Lipinski definition) is 5. The van der Waals surface area contributed by atoms with E-state index in [0.717, 1.165) is 0 Å². The lowest BCUT2D eigenvalue weighted by molar-refractivity contribution is -0.186. The zero-order valence-electron chi connectivity index (χ0n) is 15.1. The molecule has 2 aliphatic rings. The number of benzene rings is 1. The summed E-state index contributed by atoms with van der Waals surface area (Å²) in [7, 11) is -4.18. The predicted molar refractivity (Wildman–Crippen MR) is 95.7 cm³/mol. The third kappa shape index (κ3) is 2.80. The first kappa shape index (κ1) is 19.7. The van der Waals surface area contributed by atoms with E-state index in [1.807, 2.05) is 0 Å². The van der Waals surface area contributed by atoms with Crippen molar-refractivity contribution in [2.75, 3.05) is 6.54 Å². The minimum Gasteiger partial charge on any atom is -0.493 e. The van der Waals surface area contributed by atoms with Gasteiger partial charge in [0.05, 0.1) is 10.9 Å². The molecule has 1 saturated heterocycles. The Morgan fingerprint density at radius 3 is 2.52 bits per heavy atom. The number of halogens is 3. The van der Waals surface area contributed by atoms with Crippen molar-refractivity contribution < 1.29 is 31.5 Å². The number of likely N-dealkylation sites (tertiary alicyclic amines) is 1. The van der Waals surface area contributed by atoms with Crippen LogP contribution in [0.25, 0.3) is 0 Å². The van der Waals surface area contributed by atoms with E-state index in [0.29, 0.717) is 10.6 Å². The van der Waals surface area contributed by atoms with Gasteiger partial charge in [-0.15, -0.1) is 0 Å². The minimum atomic E-state index is -5.10. The molecule has 2 heterocycles. The lowest BCUT2D eigenvalue weighted by Crippen LogP contribution is -2.54. The fourth-order valence-electron chi connectivity index (χ4n) is 4.58. The molecule has 1 N–H and O–H groups in total. The zero-order valence-corrected chi connectivity index (χ0v) is 15.9. The Hall–Kier alpha value is -2.62. The van der Waals surface area contributed by atoms with E-state index >= 15 is 0 Å². The van der Waals surface area contributed by atoms with Gasteiger partial charge in [-0.1, -0.05) is 24.3 Å². The summed E-state index contributed by atoms with van der Waals surface area (Å²) in [4.78, 5) is 16.7. The molecule has 0 saturated carbocycles. The largest absolute Gasteiger partial charge is 0.493 e. The average Bonchev–Trinajstić information content (AvgIpc) is 3.08. The van der Waals surface area contributed by atoms with E-state index in [1.54, 1.807) is 6.07 Å². The van der Waals surface area contributed by atoms with Crippen LogP contribution in [-0.4, -0.2) is 48.1 Å². The molecule has 1 aliphatic heterocycles. The predicted octanol–water partition coefficient (Wildman–Crippen LogP) is 2.57. The Balaban J connectivity index is 1.95. The molecular formula is C19H17F3N2O4S. The van der Waals surface area contributed by atoms with Gasteiger partial charge in [-0.3, -0.25) is 4.79 Å². The van der Waals surface area contributed by atoms with Crippen LogP contribution >= 0.6 is 0 Å². The Labute approximate surface area is 164 Å². The number of carbonyl (C=O) groups excluding carboxylic acids is 1. The Kier molecular flexibility index (Phi) is 4.38. The van der Waals surface area contributed by atoms with Gasteiger partial charge in [-0.05, 0) is 37.0 Å². The van der Waals surface area contributed by atoms with E-state index in [2.05, 4.69) is 4.98 Å². The van der Waals surface area contributed by atoms with E-state index in [4.69, 9.17) is 0 Å². The van der Waals surface area contributed by atoms with Crippen LogP contribution in [0, 0.1) is 0 Å². The fraction of sp³-hybridized carbons (Fsp3) is 0.368. The molecule has 1 aliphatic carbocycles. The quantitative estimate of drug-likeness (QED) is 0.798. The van der Waals surface area contributed by atoms with Gasteiger partial charge >= 0.3 is 12.1 Å². The van der Waals surface area contributed by atoms with Crippen molar-refractivity contribution in [3.8, 4) is 5.88 Å². The highest BCUT2D eigenvalue weighted by Gasteiger charge is 2.63. The van der Waals surface area contributed by atoms with Crippen LogP contribution in [0.1, 0.15) is 24.1 Å². The number of carbonyl (C=O) groups is 1. The van der Waals surface area contributed by atoms with Gasteiger partial charge in [0, 0.05) is 18.3 Å². The fourth-order valence-corrected chi connectivity index (χ4v) is 6.95. The van der Waals surface area contributed by atoms with Crippen molar-refractivity contribution >= 4 is 15.7 Å². The van der Waals surface area contributed by atoms with Crippen LogP contribution < -0.4 is 0 Å². The summed E-state index contributed by atoms with van der Waals surface area (Å²) in [6, 6.07) is 8.91. The molecule has 0 spiro atoms. The molecule has 2 unspecified atom stereocenters. The maximum atomic E-state index is 13.7. The zero-order chi connectivity index (χ0) is 21.0. The number of rotatable bonds is 2. The number of nitrogens with zero attached hydrogens (tertiary/aromatic N) is 2. The summed E-state index contributed by atoms with van der Waals surface area (Å²) in [5.41, 5.74) is 0.565. The SMILES string of the molecule is O=C(N1CCC2(S(=O)(=O)c3ccccc3)c3ccc(O)nc3CCC12)C(F)(F)F. The third-order valence-corrected chi connectivity index (χ3v) is 8.29. The first-order chi connectivity index (χ1) is 13.6. The maximum Gasteiger partial charge on any atom is 0.471 e. The van der Waals surface area contributed by atoms with Crippen LogP contribution in [0.5, 0.6) is 5.88 Å². The molecule has 29 heavy (non-hydrogen) atoms. The summed E-state index contributed by atoms with van der Waals surface area (Å²) >= 11 is 0. The molecule has 0 bridgehead atoms. The number of sulfone groups is 1. The third-order valence-electron chi connectivity index (χ3n) is 5.74. The molecule has 2 atom stereocenters. The molecule has 1 aromatic carbocycles. The van der Waals surface area contributed by atoms with Crippen molar-refractivity contribution in [2.45, 2.75) is 41.1 Å². The van der Waals surface area contributed by atoms with Crippen molar-refractivity contribution in [3.05, 3.63) is 53.7 Å². The number of fused-ring (bicyclic) bond motifs is 3. The Bertz CT molecular complexity index is 1070. The molecular weight excluding hydrogens is 409 g/mol. The lowest BCUT2D eigenvalue weighted by atomic mass is 9.81. The molecule has 154 valence electrons. The van der Waals surface area contributed by atoms with Crippen molar-refractivity contribution in [1.82, 2.24) is 9.88 Å². The smallest absolute Gasteiger partial charge is 0.471 e. The minimum absolute atomic E-state index is 0.00264. The summed E-state index contributed by atoms with van der Waals surface area (Å²) < 4.78 is 65.2. The van der Waals surface area contributed by atoms with E-state index in [-0.39, 0.29) is 42.1 Å². The average molecular weight is 426 g/mol. The monoisotopic (exact) mass is 426 g/mol. The first-order valence-corrected chi connectivity index (χ1v) is 10.4. The maximum absolute atomic E-state index is 13.7. The van der Waals surface area contributed by atoms with Gasteiger partial charge in [-0.25, -0.2) is 13.4 Å². The highest BCUT2D eigenvalue weighted by molar-refractivity contribution is 7.92. The first-order valence-electron chi connectivity index (χ1n) is 8.96. The van der Waals surface area contributed by atoms with Gasteiger partial charge < -0.3 is 10.0 Å². The van der Waals surface area contributed by atoms with E-state index in [1.165, 1.54) is 36.4 Å². The van der Waals surface area contributed by atoms with Gasteiger partial charge in [-0.2, -0.15) is 13.2 Å². The van der Waals surface area contributed by atoms with E-state index < -0.39 is 32.7 Å². The standard InChI is InChI=1S/C19H17F3N2O4S/c20-19(21,22)17(26)24-11-10-18(29(27,28)12-4-2-1-3-5-12)13-6-9-16(25)23-14(13)7-8-15(18)24/h1-6,9,15H,7-8,10-11H2,(H,23,25). The highest BCUT2D eigenvalue weighted by Crippen LogP contribution is 2.53. The number of amides is 1. The van der Waals surface area contributed by atoms with Crippen LogP contribution in [0.2, 0.25) is 0 Å². The van der Waals surface area contributed by atoms with Gasteiger partial charge in [0.2, 0.25) is 5.88 Å². The molecule has 1 amide bonds. The van der Waals surface area contributed by atoms with Crippen LogP contribution in [0.15, 0.2) is 47.4 Å². The van der Waals surface area contributed by atoms with E-state index in [9.17, 15) is 31.5 Å². The lowest BCUT2D eigenvalue weighted by Gasteiger charge is -2.42. The highest BCUT2D eigenvalue weighted by atomic mass is 32.2. The molecule has 1 fully saturated rings. The van der Waals surface area contributed by atoms with Crippen LogP contribution in [-0.2, 0) is 25.8 Å². The molecule has 0 radical (unpaired) electrons. The Morgan fingerprint density at radius 1 is 1.17 bits per heavy atom. The number of alkyl halides is 3. The summed E-state index contributed by atoms with van der Waals surface area (Å²) in [6.07, 6.45) is -5.13. The molecule has 6 nitrogen and oxygen atoms in total. The second-order valence-electron chi connectivity index (χ2n) is 7.17. The van der Waals surface area contributed by atoms with Crippen LogP contribution in [0.4, 0.5) is 13.2 Å². The van der Waals surface area contributed by atoms with Gasteiger partial charge in [0.1, 0.15) is 4.75 Å². The number of pyridine rings is 1. The summed E-state index contributed by atoms with van der Waals surface area (Å²) in [5, 5.41) is 9.71. The normalized spacial score (nSPS) is 24.1. The summed E-state index contributed by atoms with van der Waals surface area (Å²) in [6.45, 7) is -0.338. The second kappa shape index (κ2) is 6.45. The van der Waals surface area contributed by atoms with Crippen molar-refractivity contribution in [1.29, 1.82) is 0 Å². The number of hydrogen-bond donors (Lipinski definition) is 1.